The van der Waals surface area contributed by atoms with Gasteiger partial charge in [0.15, 0.2) is 0 Å². The number of hydrogen-bond donors (Lipinski definition) is 1. The Morgan fingerprint density at radius 1 is 1.14 bits per heavy atom. The molecule has 1 aliphatic heterocycles. The van der Waals surface area contributed by atoms with Gasteiger partial charge in [0.1, 0.15) is 0 Å². The summed E-state index contributed by atoms with van der Waals surface area (Å²) in [5, 5.41) is 3.56. The third-order valence-corrected chi connectivity index (χ3v) is 4.18. The quantitative estimate of drug-likeness (QED) is 0.912. The first kappa shape index (κ1) is 13.9. The number of aryl methyl sites for hydroxylation is 1. The molecule has 2 aromatic rings. The molecular formula is C18H23N3. The number of benzene rings is 1. The molecule has 1 fully saturated rings. The predicted octanol–water partition coefficient (Wildman–Crippen LogP) is 4.16. The van der Waals surface area contributed by atoms with E-state index in [1.807, 2.05) is 18.3 Å². The van der Waals surface area contributed by atoms with Gasteiger partial charge in [-0.1, -0.05) is 6.07 Å². The zero-order chi connectivity index (χ0) is 14.7. The minimum atomic E-state index is 0.211. The Bertz CT molecular complexity index is 589. The van der Waals surface area contributed by atoms with E-state index in [0.29, 0.717) is 0 Å². The van der Waals surface area contributed by atoms with Crippen molar-refractivity contribution in [1.82, 2.24) is 4.98 Å². The molecule has 0 amide bonds. The average molecular weight is 281 g/mol. The van der Waals surface area contributed by atoms with Crippen molar-refractivity contribution >= 4 is 11.4 Å². The Balaban J connectivity index is 1.74. The highest BCUT2D eigenvalue weighted by Gasteiger charge is 2.14. The third-order valence-electron chi connectivity index (χ3n) is 4.18. The highest BCUT2D eigenvalue weighted by Crippen LogP contribution is 2.27. The molecule has 3 heteroatoms. The summed E-state index contributed by atoms with van der Waals surface area (Å²) in [4.78, 5) is 6.89. The third kappa shape index (κ3) is 3.18. The number of pyridine rings is 1. The fourth-order valence-electron chi connectivity index (χ4n) is 2.92. The molecule has 1 unspecified atom stereocenters. The van der Waals surface area contributed by atoms with Crippen molar-refractivity contribution in [3.63, 3.8) is 0 Å². The summed E-state index contributed by atoms with van der Waals surface area (Å²) in [6, 6.07) is 13.0. The smallest absolute Gasteiger partial charge is 0.0657 e. The normalized spacial score (nSPS) is 16.0. The van der Waals surface area contributed by atoms with E-state index in [1.54, 1.807) is 0 Å². The van der Waals surface area contributed by atoms with Gasteiger partial charge < -0.3 is 10.2 Å². The molecule has 0 spiro atoms. The summed E-state index contributed by atoms with van der Waals surface area (Å²) in [7, 11) is 0. The lowest BCUT2D eigenvalue weighted by Gasteiger charge is -2.21. The first-order valence-electron chi connectivity index (χ1n) is 7.77. The van der Waals surface area contributed by atoms with Crippen molar-refractivity contribution in [3.8, 4) is 0 Å². The number of rotatable bonds is 4. The summed E-state index contributed by atoms with van der Waals surface area (Å²) in [5.41, 5.74) is 4.90. The van der Waals surface area contributed by atoms with Crippen LogP contribution in [0.4, 0.5) is 11.4 Å². The second-order valence-corrected chi connectivity index (χ2v) is 5.81. The lowest BCUT2D eigenvalue weighted by molar-refractivity contribution is 0.837. The van der Waals surface area contributed by atoms with Gasteiger partial charge in [-0.3, -0.25) is 4.98 Å². The highest BCUT2D eigenvalue weighted by molar-refractivity contribution is 5.61. The molecule has 21 heavy (non-hydrogen) atoms. The number of nitrogens with one attached hydrogen (secondary N) is 1. The minimum Gasteiger partial charge on any atom is -0.377 e. The molecule has 1 N–H and O–H groups in total. The van der Waals surface area contributed by atoms with Crippen LogP contribution in [0.5, 0.6) is 0 Å². The van der Waals surface area contributed by atoms with E-state index in [1.165, 1.54) is 42.9 Å². The van der Waals surface area contributed by atoms with Gasteiger partial charge >= 0.3 is 0 Å². The fraction of sp³-hybridized carbons (Fsp3) is 0.389. The Hall–Kier alpha value is -2.03. The number of aromatic nitrogens is 1. The lowest BCUT2D eigenvalue weighted by atomic mass is 10.1. The fourth-order valence-corrected chi connectivity index (χ4v) is 2.92. The summed E-state index contributed by atoms with van der Waals surface area (Å²) in [6.45, 7) is 6.70. The first-order chi connectivity index (χ1) is 10.2. The van der Waals surface area contributed by atoms with Gasteiger partial charge in [0, 0.05) is 30.7 Å². The topological polar surface area (TPSA) is 28.2 Å². The molecule has 0 aliphatic carbocycles. The minimum absolute atomic E-state index is 0.211. The molecule has 0 bridgehead atoms. The maximum atomic E-state index is 4.41. The summed E-state index contributed by atoms with van der Waals surface area (Å²) < 4.78 is 0. The molecule has 110 valence electrons. The second-order valence-electron chi connectivity index (χ2n) is 5.81. The van der Waals surface area contributed by atoms with Crippen LogP contribution in [0, 0.1) is 6.92 Å². The van der Waals surface area contributed by atoms with Crippen LogP contribution in [-0.4, -0.2) is 18.1 Å². The largest absolute Gasteiger partial charge is 0.377 e. The van der Waals surface area contributed by atoms with Crippen LogP contribution >= 0.6 is 0 Å². The van der Waals surface area contributed by atoms with E-state index in [2.05, 4.69) is 53.3 Å². The highest BCUT2D eigenvalue weighted by atomic mass is 15.1. The van der Waals surface area contributed by atoms with Crippen LogP contribution in [0.2, 0.25) is 0 Å². The van der Waals surface area contributed by atoms with Gasteiger partial charge in [-0.2, -0.15) is 0 Å². The Morgan fingerprint density at radius 2 is 1.95 bits per heavy atom. The standard InChI is InChI=1S/C18H23N3/c1-14-13-16(21-11-5-6-12-21)8-9-17(14)20-15(2)18-7-3-4-10-19-18/h3-4,7-10,13,15,20H,5-6,11-12H2,1-2H3. The molecular weight excluding hydrogens is 258 g/mol. The van der Waals surface area contributed by atoms with Gasteiger partial charge in [0.2, 0.25) is 0 Å². The van der Waals surface area contributed by atoms with Crippen molar-refractivity contribution in [2.45, 2.75) is 32.7 Å². The van der Waals surface area contributed by atoms with E-state index in [4.69, 9.17) is 0 Å². The second kappa shape index (κ2) is 6.17. The van der Waals surface area contributed by atoms with Crippen LogP contribution in [0.3, 0.4) is 0 Å². The molecule has 1 aromatic carbocycles. The number of anilines is 2. The summed E-state index contributed by atoms with van der Waals surface area (Å²) in [6.07, 6.45) is 4.47. The Labute approximate surface area is 127 Å². The molecule has 1 aromatic heterocycles. The van der Waals surface area contributed by atoms with Gasteiger partial charge in [-0.25, -0.2) is 0 Å². The van der Waals surface area contributed by atoms with Gasteiger partial charge in [0.05, 0.1) is 11.7 Å². The molecule has 1 aliphatic rings. The van der Waals surface area contributed by atoms with E-state index >= 15 is 0 Å². The van der Waals surface area contributed by atoms with Crippen LogP contribution < -0.4 is 10.2 Å². The van der Waals surface area contributed by atoms with Crippen LogP contribution in [0.15, 0.2) is 42.6 Å². The maximum absolute atomic E-state index is 4.41. The lowest BCUT2D eigenvalue weighted by Crippen LogP contribution is -2.17. The predicted molar refractivity (Wildman–Crippen MR) is 88.9 cm³/mol. The first-order valence-corrected chi connectivity index (χ1v) is 7.77. The van der Waals surface area contributed by atoms with Crippen molar-refractivity contribution < 1.29 is 0 Å². The molecule has 0 saturated carbocycles. The monoisotopic (exact) mass is 281 g/mol. The number of nitrogens with zero attached hydrogens (tertiary/aromatic N) is 2. The average Bonchev–Trinajstić information content (AvgIpc) is 3.04. The van der Waals surface area contributed by atoms with Gasteiger partial charge in [-0.05, 0) is 62.6 Å². The van der Waals surface area contributed by atoms with E-state index in [9.17, 15) is 0 Å². The van der Waals surface area contributed by atoms with Crippen molar-refractivity contribution in [2.24, 2.45) is 0 Å². The maximum Gasteiger partial charge on any atom is 0.0657 e. The van der Waals surface area contributed by atoms with Gasteiger partial charge in [0.25, 0.3) is 0 Å². The van der Waals surface area contributed by atoms with E-state index in [0.717, 1.165) is 5.69 Å². The van der Waals surface area contributed by atoms with Crippen molar-refractivity contribution in [2.75, 3.05) is 23.3 Å². The Morgan fingerprint density at radius 3 is 2.62 bits per heavy atom. The molecule has 1 saturated heterocycles. The SMILES string of the molecule is Cc1cc(N2CCCC2)ccc1NC(C)c1ccccn1. The molecule has 2 heterocycles. The Kier molecular flexibility index (Phi) is 4.09. The zero-order valence-corrected chi connectivity index (χ0v) is 12.8. The molecule has 3 nitrogen and oxygen atoms in total. The van der Waals surface area contributed by atoms with E-state index < -0.39 is 0 Å². The van der Waals surface area contributed by atoms with Crippen molar-refractivity contribution in [3.05, 3.63) is 53.9 Å². The van der Waals surface area contributed by atoms with Crippen LogP contribution in [-0.2, 0) is 0 Å². The molecule has 1 atom stereocenters. The summed E-state index contributed by atoms with van der Waals surface area (Å²) >= 11 is 0. The van der Waals surface area contributed by atoms with Crippen molar-refractivity contribution in [1.29, 1.82) is 0 Å². The van der Waals surface area contributed by atoms with Crippen LogP contribution in [0.25, 0.3) is 0 Å². The number of hydrogen-bond acceptors (Lipinski definition) is 3. The molecule has 0 radical (unpaired) electrons. The van der Waals surface area contributed by atoms with Gasteiger partial charge in [-0.15, -0.1) is 0 Å². The van der Waals surface area contributed by atoms with E-state index in [-0.39, 0.29) is 6.04 Å². The molecule has 3 rings (SSSR count). The zero-order valence-electron chi connectivity index (χ0n) is 12.8. The summed E-state index contributed by atoms with van der Waals surface area (Å²) in [5.74, 6) is 0. The van der Waals surface area contributed by atoms with Crippen LogP contribution in [0.1, 0.15) is 37.1 Å².